The molecule has 0 spiro atoms. The quantitative estimate of drug-likeness (QED) is 0.239. The highest BCUT2D eigenvalue weighted by Crippen LogP contribution is 2.24. The summed E-state index contributed by atoms with van der Waals surface area (Å²) in [6, 6.07) is 19.0. The molecule has 0 N–H and O–H groups in total. The van der Waals surface area contributed by atoms with Crippen LogP contribution in [0.3, 0.4) is 0 Å². The highest BCUT2D eigenvalue weighted by atomic mass is 16.5. The number of carbonyl (C=O) groups excluding carboxylic acids is 2. The van der Waals surface area contributed by atoms with Crippen molar-refractivity contribution in [3.8, 4) is 17.1 Å². The van der Waals surface area contributed by atoms with Gasteiger partial charge in [0, 0.05) is 35.7 Å². The van der Waals surface area contributed by atoms with Gasteiger partial charge in [-0.2, -0.15) is 0 Å². The standard InChI is InChI=1S/C28H33NO5/c1-4-32-27(30)13-7-8-18-33-26-11-6-5-10-24(26)20-29(21(2)3)28(31)23-16-14-22(15-17-23)25-12-9-19-34-25/h5-6,9-12,14-17,19,21H,4,7-8,13,18,20H2,1-3H3. The van der Waals surface area contributed by atoms with Crippen molar-refractivity contribution >= 4 is 11.9 Å². The number of hydrogen-bond donors (Lipinski definition) is 0. The van der Waals surface area contributed by atoms with E-state index in [0.29, 0.717) is 38.2 Å². The Kier molecular flexibility index (Phi) is 9.32. The fraction of sp³-hybridized carbons (Fsp3) is 0.357. The van der Waals surface area contributed by atoms with Crippen molar-refractivity contribution in [2.75, 3.05) is 13.2 Å². The molecule has 0 aliphatic heterocycles. The Balaban J connectivity index is 1.63. The minimum Gasteiger partial charge on any atom is -0.493 e. The number of amides is 1. The molecule has 6 nitrogen and oxygen atoms in total. The summed E-state index contributed by atoms with van der Waals surface area (Å²) in [4.78, 5) is 26.6. The first-order chi connectivity index (χ1) is 16.5. The van der Waals surface area contributed by atoms with Crippen LogP contribution in [0.15, 0.2) is 71.3 Å². The van der Waals surface area contributed by atoms with Crippen molar-refractivity contribution in [1.82, 2.24) is 4.90 Å². The summed E-state index contributed by atoms with van der Waals surface area (Å²) in [7, 11) is 0. The van der Waals surface area contributed by atoms with Crippen molar-refractivity contribution in [3.05, 3.63) is 78.1 Å². The number of para-hydroxylation sites is 1. The van der Waals surface area contributed by atoms with Crippen molar-refractivity contribution in [3.63, 3.8) is 0 Å². The molecule has 1 amide bonds. The number of nitrogens with zero attached hydrogens (tertiary/aromatic N) is 1. The molecule has 0 saturated carbocycles. The molecule has 1 heterocycles. The van der Waals surface area contributed by atoms with E-state index in [1.807, 2.05) is 79.4 Å². The Morgan fingerprint density at radius 2 is 1.74 bits per heavy atom. The largest absolute Gasteiger partial charge is 0.493 e. The van der Waals surface area contributed by atoms with Crippen LogP contribution in [0.5, 0.6) is 5.75 Å². The molecule has 180 valence electrons. The van der Waals surface area contributed by atoms with E-state index in [1.54, 1.807) is 13.2 Å². The van der Waals surface area contributed by atoms with Gasteiger partial charge in [0.15, 0.2) is 0 Å². The number of ether oxygens (including phenoxy) is 2. The summed E-state index contributed by atoms with van der Waals surface area (Å²) >= 11 is 0. The van der Waals surface area contributed by atoms with E-state index < -0.39 is 0 Å². The Bertz CT molecular complexity index is 1040. The maximum Gasteiger partial charge on any atom is 0.305 e. The van der Waals surface area contributed by atoms with Crippen LogP contribution in [0.2, 0.25) is 0 Å². The third-order valence-electron chi connectivity index (χ3n) is 5.47. The summed E-state index contributed by atoms with van der Waals surface area (Å²) in [6.45, 7) is 7.17. The molecule has 0 atom stereocenters. The van der Waals surface area contributed by atoms with Crippen LogP contribution in [0.4, 0.5) is 0 Å². The second kappa shape index (κ2) is 12.6. The maximum atomic E-state index is 13.3. The molecule has 34 heavy (non-hydrogen) atoms. The molecule has 3 aromatic rings. The monoisotopic (exact) mass is 463 g/mol. The Hall–Kier alpha value is -3.54. The number of esters is 1. The third-order valence-corrected chi connectivity index (χ3v) is 5.47. The number of hydrogen-bond acceptors (Lipinski definition) is 5. The number of rotatable bonds is 12. The topological polar surface area (TPSA) is 69.0 Å². The second-order valence-corrected chi connectivity index (χ2v) is 8.30. The lowest BCUT2D eigenvalue weighted by molar-refractivity contribution is -0.143. The van der Waals surface area contributed by atoms with Crippen LogP contribution < -0.4 is 4.74 Å². The van der Waals surface area contributed by atoms with Gasteiger partial charge in [0.2, 0.25) is 0 Å². The van der Waals surface area contributed by atoms with Crippen LogP contribution in [-0.2, 0) is 16.1 Å². The number of benzene rings is 2. The fourth-order valence-electron chi connectivity index (χ4n) is 3.62. The molecule has 2 aromatic carbocycles. The van der Waals surface area contributed by atoms with Crippen molar-refractivity contribution in [2.45, 2.75) is 52.6 Å². The Morgan fingerprint density at radius 3 is 2.41 bits per heavy atom. The molecule has 0 bridgehead atoms. The van der Waals surface area contributed by atoms with Gasteiger partial charge in [-0.25, -0.2) is 0 Å². The predicted molar refractivity (Wildman–Crippen MR) is 132 cm³/mol. The fourth-order valence-corrected chi connectivity index (χ4v) is 3.62. The molecule has 0 saturated heterocycles. The molecular formula is C28H33NO5. The summed E-state index contributed by atoms with van der Waals surface area (Å²) < 4.78 is 16.4. The smallest absolute Gasteiger partial charge is 0.305 e. The highest BCUT2D eigenvalue weighted by Gasteiger charge is 2.21. The van der Waals surface area contributed by atoms with Crippen LogP contribution >= 0.6 is 0 Å². The summed E-state index contributed by atoms with van der Waals surface area (Å²) in [5, 5.41) is 0. The van der Waals surface area contributed by atoms with Gasteiger partial charge in [0.05, 0.1) is 19.5 Å². The lowest BCUT2D eigenvalue weighted by Gasteiger charge is -2.28. The summed E-state index contributed by atoms with van der Waals surface area (Å²) in [6.07, 6.45) is 3.50. The van der Waals surface area contributed by atoms with Crippen molar-refractivity contribution in [2.24, 2.45) is 0 Å². The zero-order valence-electron chi connectivity index (χ0n) is 20.2. The summed E-state index contributed by atoms with van der Waals surface area (Å²) in [5.41, 5.74) is 2.50. The van der Waals surface area contributed by atoms with Gasteiger partial charge in [-0.15, -0.1) is 0 Å². The van der Waals surface area contributed by atoms with Crippen LogP contribution in [0.25, 0.3) is 11.3 Å². The van der Waals surface area contributed by atoms with E-state index in [0.717, 1.165) is 29.1 Å². The molecule has 0 aliphatic carbocycles. The average molecular weight is 464 g/mol. The molecule has 1 aromatic heterocycles. The van der Waals surface area contributed by atoms with Crippen LogP contribution in [0, 0.1) is 0 Å². The first-order valence-electron chi connectivity index (χ1n) is 11.8. The Labute approximate surface area is 201 Å². The van der Waals surface area contributed by atoms with E-state index in [2.05, 4.69) is 0 Å². The average Bonchev–Trinajstić information content (AvgIpc) is 3.38. The molecule has 0 unspecified atom stereocenters. The number of furan rings is 1. The van der Waals surface area contributed by atoms with Gasteiger partial charge in [-0.3, -0.25) is 9.59 Å². The second-order valence-electron chi connectivity index (χ2n) is 8.30. The molecule has 0 fully saturated rings. The predicted octanol–water partition coefficient (Wildman–Crippen LogP) is 6.11. The van der Waals surface area contributed by atoms with Gasteiger partial charge in [0.1, 0.15) is 11.5 Å². The van der Waals surface area contributed by atoms with E-state index in [9.17, 15) is 9.59 Å². The van der Waals surface area contributed by atoms with Crippen molar-refractivity contribution in [1.29, 1.82) is 0 Å². The molecule has 0 radical (unpaired) electrons. The molecular weight excluding hydrogens is 430 g/mol. The molecule has 3 rings (SSSR count). The number of unbranched alkanes of at least 4 members (excludes halogenated alkanes) is 1. The number of carbonyl (C=O) groups is 2. The maximum absolute atomic E-state index is 13.3. The van der Waals surface area contributed by atoms with E-state index in [1.165, 1.54) is 0 Å². The lowest BCUT2D eigenvalue weighted by atomic mass is 10.1. The lowest BCUT2D eigenvalue weighted by Crippen LogP contribution is -2.36. The molecule has 0 aliphatic rings. The van der Waals surface area contributed by atoms with Crippen LogP contribution in [-0.4, -0.2) is 36.0 Å². The zero-order chi connectivity index (χ0) is 24.3. The third kappa shape index (κ3) is 6.98. The minimum absolute atomic E-state index is 0.00915. The SMILES string of the molecule is CCOC(=O)CCCCOc1ccccc1CN(C(=O)c1ccc(-c2ccco2)cc1)C(C)C. The zero-order valence-corrected chi connectivity index (χ0v) is 20.2. The highest BCUT2D eigenvalue weighted by molar-refractivity contribution is 5.94. The first kappa shape index (κ1) is 25.1. The Morgan fingerprint density at radius 1 is 0.971 bits per heavy atom. The van der Waals surface area contributed by atoms with Gasteiger partial charge in [0.25, 0.3) is 5.91 Å². The molecule has 6 heteroatoms. The van der Waals surface area contributed by atoms with Gasteiger partial charge in [-0.1, -0.05) is 30.3 Å². The van der Waals surface area contributed by atoms with Gasteiger partial charge in [-0.05, 0) is 63.9 Å². The van der Waals surface area contributed by atoms with E-state index >= 15 is 0 Å². The first-order valence-corrected chi connectivity index (χ1v) is 11.8. The van der Waals surface area contributed by atoms with Gasteiger partial charge >= 0.3 is 5.97 Å². The van der Waals surface area contributed by atoms with E-state index in [4.69, 9.17) is 13.9 Å². The van der Waals surface area contributed by atoms with Crippen LogP contribution in [0.1, 0.15) is 56.0 Å². The summed E-state index contributed by atoms with van der Waals surface area (Å²) in [5.74, 6) is 1.31. The minimum atomic E-state index is -0.175. The van der Waals surface area contributed by atoms with E-state index in [-0.39, 0.29) is 17.9 Å². The van der Waals surface area contributed by atoms with Crippen molar-refractivity contribution < 1.29 is 23.5 Å². The van der Waals surface area contributed by atoms with Gasteiger partial charge < -0.3 is 18.8 Å². The normalized spacial score (nSPS) is 10.8.